The molecule has 5 aromatic rings. The van der Waals surface area contributed by atoms with E-state index in [9.17, 15) is 4.79 Å². The topological polar surface area (TPSA) is 107 Å². The van der Waals surface area contributed by atoms with E-state index >= 15 is 0 Å². The van der Waals surface area contributed by atoms with Crippen molar-refractivity contribution in [3.05, 3.63) is 103 Å². The zero-order valence-corrected chi connectivity index (χ0v) is 18.5. The van der Waals surface area contributed by atoms with E-state index in [1.165, 1.54) is 0 Å². The summed E-state index contributed by atoms with van der Waals surface area (Å²) in [7, 11) is 0. The molecule has 1 amide bonds. The van der Waals surface area contributed by atoms with Crippen molar-refractivity contribution in [1.29, 1.82) is 0 Å². The summed E-state index contributed by atoms with van der Waals surface area (Å²) >= 11 is 0. The van der Waals surface area contributed by atoms with E-state index < -0.39 is 5.91 Å². The maximum Gasteiger partial charge on any atom is 0.274 e. The highest BCUT2D eigenvalue weighted by Gasteiger charge is 2.22. The van der Waals surface area contributed by atoms with Crippen molar-refractivity contribution in [2.75, 3.05) is 5.73 Å². The minimum absolute atomic E-state index is 0.0623. The molecule has 0 unspecified atom stereocenters. The van der Waals surface area contributed by atoms with Crippen molar-refractivity contribution in [2.24, 2.45) is 0 Å². The van der Waals surface area contributed by atoms with Crippen molar-refractivity contribution < 1.29 is 4.79 Å². The number of hydrogen-bond donors (Lipinski definition) is 2. The van der Waals surface area contributed by atoms with Crippen LogP contribution in [0.15, 0.2) is 91.3 Å². The number of nitrogens with two attached hydrogens (primary N) is 1. The molecule has 2 aromatic carbocycles. The summed E-state index contributed by atoms with van der Waals surface area (Å²) in [4.78, 5) is 31.3. The number of pyridine rings is 2. The van der Waals surface area contributed by atoms with Crippen molar-refractivity contribution >= 4 is 22.6 Å². The number of benzene rings is 2. The Morgan fingerprint density at radius 1 is 0.824 bits per heavy atom. The van der Waals surface area contributed by atoms with E-state index in [0.29, 0.717) is 11.4 Å². The van der Waals surface area contributed by atoms with Crippen LogP contribution < -0.4 is 11.1 Å². The largest absolute Gasteiger partial charge is 0.382 e. The van der Waals surface area contributed by atoms with Gasteiger partial charge in [-0.05, 0) is 31.2 Å². The average molecular weight is 447 g/mol. The molecule has 0 spiro atoms. The molecule has 7 heteroatoms. The predicted octanol–water partition coefficient (Wildman–Crippen LogP) is 4.83. The van der Waals surface area contributed by atoms with Crippen molar-refractivity contribution in [3.63, 3.8) is 0 Å². The van der Waals surface area contributed by atoms with Gasteiger partial charge in [-0.1, -0.05) is 54.6 Å². The summed E-state index contributed by atoms with van der Waals surface area (Å²) < 4.78 is 0. The standard InChI is InChI=1S/C27H22N6O/c1-17(21-11-5-6-14-29-21)31-27(34)25-26(28)33-23(19-8-3-2-4-9-19)24(32-25)20-13-12-18-10-7-15-30-22(18)16-20/h2-17H,1H3,(H2,28,33)(H,31,34)/t17-/m0/s1. The monoisotopic (exact) mass is 446 g/mol. The summed E-state index contributed by atoms with van der Waals surface area (Å²) in [5.74, 6) is -0.352. The van der Waals surface area contributed by atoms with Gasteiger partial charge in [-0.15, -0.1) is 0 Å². The third-order valence-electron chi connectivity index (χ3n) is 5.54. The van der Waals surface area contributed by atoms with Gasteiger partial charge in [0.1, 0.15) is 0 Å². The minimum atomic E-state index is -0.414. The molecule has 7 nitrogen and oxygen atoms in total. The fourth-order valence-corrected chi connectivity index (χ4v) is 3.80. The summed E-state index contributed by atoms with van der Waals surface area (Å²) in [6.07, 6.45) is 3.43. The van der Waals surface area contributed by atoms with Crippen LogP contribution in [0.25, 0.3) is 33.4 Å². The highest BCUT2D eigenvalue weighted by molar-refractivity contribution is 5.98. The average Bonchev–Trinajstić information content (AvgIpc) is 2.89. The highest BCUT2D eigenvalue weighted by Crippen LogP contribution is 2.32. The molecule has 0 aliphatic carbocycles. The second kappa shape index (κ2) is 9.07. The second-order valence-electron chi connectivity index (χ2n) is 7.88. The molecule has 1 atom stereocenters. The molecule has 3 aromatic heterocycles. The molecule has 0 bridgehead atoms. The molecule has 0 aliphatic rings. The van der Waals surface area contributed by atoms with Crippen LogP contribution in [0.3, 0.4) is 0 Å². The third-order valence-corrected chi connectivity index (χ3v) is 5.54. The Bertz CT molecular complexity index is 1470. The maximum atomic E-state index is 13.2. The van der Waals surface area contributed by atoms with Crippen molar-refractivity contribution in [2.45, 2.75) is 13.0 Å². The SMILES string of the molecule is C[C@H](NC(=O)c1nc(-c2ccc3cccnc3c2)c(-c2ccccc2)nc1N)c1ccccn1. The number of nitrogens with one attached hydrogen (secondary N) is 1. The fourth-order valence-electron chi connectivity index (χ4n) is 3.80. The lowest BCUT2D eigenvalue weighted by molar-refractivity contribution is 0.0935. The van der Waals surface area contributed by atoms with Gasteiger partial charge in [0.25, 0.3) is 5.91 Å². The fraction of sp³-hybridized carbons (Fsp3) is 0.0741. The number of nitrogen functional groups attached to an aromatic ring is 1. The Morgan fingerprint density at radius 2 is 1.59 bits per heavy atom. The normalized spacial score (nSPS) is 11.8. The third kappa shape index (κ3) is 4.19. The number of aromatic nitrogens is 4. The Balaban J connectivity index is 1.60. The van der Waals surface area contributed by atoms with Gasteiger partial charge >= 0.3 is 0 Å². The lowest BCUT2D eigenvalue weighted by Crippen LogP contribution is -2.29. The van der Waals surface area contributed by atoms with Gasteiger partial charge in [0.15, 0.2) is 11.5 Å². The maximum absolute atomic E-state index is 13.2. The first kappa shape index (κ1) is 21.2. The number of hydrogen-bond acceptors (Lipinski definition) is 6. The van der Waals surface area contributed by atoms with E-state index in [2.05, 4.69) is 20.3 Å². The molecule has 5 rings (SSSR count). The molecule has 0 fully saturated rings. The van der Waals surface area contributed by atoms with Crippen molar-refractivity contribution in [1.82, 2.24) is 25.3 Å². The number of amides is 1. The summed E-state index contributed by atoms with van der Waals surface area (Å²) in [6.45, 7) is 1.86. The van der Waals surface area contributed by atoms with E-state index in [-0.39, 0.29) is 17.6 Å². The molecule has 0 radical (unpaired) electrons. The Labute approximate surface area is 196 Å². The van der Waals surface area contributed by atoms with Crippen molar-refractivity contribution in [3.8, 4) is 22.5 Å². The van der Waals surface area contributed by atoms with Gasteiger partial charge in [-0.2, -0.15) is 0 Å². The highest BCUT2D eigenvalue weighted by atomic mass is 16.2. The van der Waals surface area contributed by atoms with Gasteiger partial charge in [-0.25, -0.2) is 9.97 Å². The Hall–Kier alpha value is -4.65. The molecule has 0 saturated carbocycles. The first-order chi connectivity index (χ1) is 16.6. The summed E-state index contributed by atoms with van der Waals surface area (Å²) in [5, 5.41) is 3.94. The molecule has 3 heterocycles. The number of fused-ring (bicyclic) bond motifs is 1. The summed E-state index contributed by atoms with van der Waals surface area (Å²) in [6, 6.07) is 24.7. The number of carbonyl (C=O) groups excluding carboxylic acids is 1. The molecule has 3 N–H and O–H groups in total. The number of rotatable bonds is 5. The zero-order chi connectivity index (χ0) is 23.5. The van der Waals surface area contributed by atoms with Crippen LogP contribution >= 0.6 is 0 Å². The lowest BCUT2D eigenvalue weighted by atomic mass is 10.0. The quantitative estimate of drug-likeness (QED) is 0.401. The predicted molar refractivity (Wildman–Crippen MR) is 133 cm³/mol. The van der Waals surface area contributed by atoms with Crippen LogP contribution in [0.5, 0.6) is 0 Å². The van der Waals surface area contributed by atoms with Gasteiger partial charge in [0.2, 0.25) is 0 Å². The van der Waals surface area contributed by atoms with Gasteiger partial charge in [-0.3, -0.25) is 14.8 Å². The van der Waals surface area contributed by atoms with E-state index in [1.54, 1.807) is 12.4 Å². The lowest BCUT2D eigenvalue weighted by Gasteiger charge is -2.16. The first-order valence-corrected chi connectivity index (χ1v) is 10.9. The van der Waals surface area contributed by atoms with Crippen LogP contribution in [0.2, 0.25) is 0 Å². The molecular formula is C27H22N6O. The number of carbonyl (C=O) groups is 1. The minimum Gasteiger partial charge on any atom is -0.382 e. The molecule has 0 aliphatic heterocycles. The second-order valence-corrected chi connectivity index (χ2v) is 7.88. The number of anilines is 1. The number of nitrogens with zero attached hydrogens (tertiary/aromatic N) is 4. The Kier molecular flexibility index (Phi) is 5.66. The first-order valence-electron chi connectivity index (χ1n) is 10.9. The van der Waals surface area contributed by atoms with Crippen LogP contribution in [-0.2, 0) is 0 Å². The van der Waals surface area contributed by atoms with E-state index in [0.717, 1.165) is 27.7 Å². The van der Waals surface area contributed by atoms with E-state index in [4.69, 9.17) is 10.7 Å². The zero-order valence-electron chi connectivity index (χ0n) is 18.5. The van der Waals surface area contributed by atoms with Crippen LogP contribution in [0.1, 0.15) is 29.1 Å². The molecule has 166 valence electrons. The van der Waals surface area contributed by atoms with Gasteiger partial charge < -0.3 is 11.1 Å². The van der Waals surface area contributed by atoms with Crippen LogP contribution in [-0.4, -0.2) is 25.8 Å². The van der Waals surface area contributed by atoms with Crippen LogP contribution in [0.4, 0.5) is 5.82 Å². The van der Waals surface area contributed by atoms with Crippen LogP contribution in [0, 0.1) is 0 Å². The molecule has 0 saturated heterocycles. The molecule has 34 heavy (non-hydrogen) atoms. The Morgan fingerprint density at radius 3 is 2.38 bits per heavy atom. The smallest absolute Gasteiger partial charge is 0.274 e. The summed E-state index contributed by atoms with van der Waals surface area (Å²) in [5.41, 5.74) is 10.7. The van der Waals surface area contributed by atoms with Gasteiger partial charge in [0, 0.05) is 28.9 Å². The van der Waals surface area contributed by atoms with E-state index in [1.807, 2.05) is 85.8 Å². The molecular weight excluding hydrogens is 424 g/mol. The van der Waals surface area contributed by atoms with Gasteiger partial charge in [0.05, 0.1) is 28.6 Å².